The van der Waals surface area contributed by atoms with Gasteiger partial charge >= 0.3 is 0 Å². The monoisotopic (exact) mass is 597 g/mol. The minimum absolute atomic E-state index is 0.0314. The number of rotatable bonds is 15. The second-order valence-electron chi connectivity index (χ2n) is 10.6. The van der Waals surface area contributed by atoms with Gasteiger partial charge in [-0.15, -0.1) is 0 Å². The van der Waals surface area contributed by atoms with Crippen molar-refractivity contribution in [3.8, 4) is 5.75 Å². The molecule has 3 N–H and O–H groups in total. The van der Waals surface area contributed by atoms with Gasteiger partial charge in [-0.2, -0.15) is 0 Å². The predicted molar refractivity (Wildman–Crippen MR) is 166 cm³/mol. The first-order chi connectivity index (χ1) is 21.4. The summed E-state index contributed by atoms with van der Waals surface area (Å²) >= 11 is 0. The first-order valence-corrected chi connectivity index (χ1v) is 14.3. The van der Waals surface area contributed by atoms with E-state index < -0.39 is 17.6 Å². The van der Waals surface area contributed by atoms with Crippen molar-refractivity contribution in [2.75, 3.05) is 19.8 Å². The molecule has 0 radical (unpaired) electrons. The number of nitrogens with one attached hydrogen (secondary N) is 2. The van der Waals surface area contributed by atoms with Crippen LogP contribution in [0.5, 0.6) is 5.75 Å². The fourth-order valence-corrected chi connectivity index (χ4v) is 4.83. The normalized spacial score (nSPS) is 17.2. The fraction of sp³-hybridized carbons (Fsp3) is 0.355. The summed E-state index contributed by atoms with van der Waals surface area (Å²) in [6, 6.07) is 21.4. The quantitative estimate of drug-likeness (QED) is 0.0637. The maximum Gasteiger partial charge on any atom is 0.266 e. The molecule has 2 atom stereocenters. The van der Waals surface area contributed by atoms with Gasteiger partial charge in [-0.1, -0.05) is 72.6 Å². The van der Waals surface area contributed by atoms with E-state index in [4.69, 9.17) is 25.1 Å². The number of hydrogen-bond acceptors (Lipinski definition) is 8. The summed E-state index contributed by atoms with van der Waals surface area (Å²) in [4.78, 5) is 25.2. The molecule has 0 aliphatic carbocycles. The van der Waals surface area contributed by atoms with Crippen LogP contribution in [0.1, 0.15) is 48.6 Å². The Morgan fingerprint density at radius 2 is 1.80 bits per heavy atom. The number of hydrazine groups is 1. The van der Waals surface area contributed by atoms with E-state index in [0.717, 1.165) is 11.1 Å². The molecule has 13 heteroatoms. The predicted octanol–water partition coefficient (Wildman–Crippen LogP) is 5.98. The molecule has 0 bridgehead atoms. The molecule has 1 aliphatic heterocycles. The highest BCUT2D eigenvalue weighted by atomic mass is 16.5. The van der Waals surface area contributed by atoms with E-state index in [1.807, 2.05) is 38.1 Å². The van der Waals surface area contributed by atoms with Crippen molar-refractivity contribution < 1.29 is 19.4 Å². The highest BCUT2D eigenvalue weighted by molar-refractivity contribution is 6.01. The van der Waals surface area contributed by atoms with Crippen LogP contribution >= 0.6 is 0 Å². The van der Waals surface area contributed by atoms with Crippen molar-refractivity contribution in [3.63, 3.8) is 0 Å². The minimum Gasteiger partial charge on any atom is -0.494 e. The maximum absolute atomic E-state index is 14.3. The smallest absolute Gasteiger partial charge is 0.266 e. The average molecular weight is 598 g/mol. The molecule has 0 spiro atoms. The summed E-state index contributed by atoms with van der Waals surface area (Å²) in [6.07, 6.45) is -0.401. The van der Waals surface area contributed by atoms with E-state index >= 15 is 0 Å². The van der Waals surface area contributed by atoms with Crippen LogP contribution in [0.4, 0.5) is 5.69 Å². The van der Waals surface area contributed by atoms with E-state index in [-0.39, 0.29) is 31.4 Å². The molecular formula is C31H35N9O4. The molecule has 1 heterocycles. The van der Waals surface area contributed by atoms with Crippen molar-refractivity contribution in [3.05, 3.63) is 116 Å². The summed E-state index contributed by atoms with van der Waals surface area (Å²) < 4.78 is 12.2. The highest BCUT2D eigenvalue weighted by Gasteiger charge is 2.54. The average Bonchev–Trinajstić information content (AvgIpc) is 3.41. The van der Waals surface area contributed by atoms with Crippen LogP contribution in [0.2, 0.25) is 0 Å². The van der Waals surface area contributed by atoms with E-state index in [9.17, 15) is 10.3 Å². The van der Waals surface area contributed by atoms with E-state index in [1.54, 1.807) is 48.5 Å². The summed E-state index contributed by atoms with van der Waals surface area (Å²) in [5.74, 6) is 0.643. The van der Waals surface area contributed by atoms with Crippen LogP contribution in [0.3, 0.4) is 0 Å². The van der Waals surface area contributed by atoms with Gasteiger partial charge in [0.15, 0.2) is 11.6 Å². The number of nitrogens with zero attached hydrogens (tertiary/aromatic N) is 7. The van der Waals surface area contributed by atoms with Gasteiger partial charge in [-0.05, 0) is 52.4 Å². The molecule has 44 heavy (non-hydrogen) atoms. The van der Waals surface area contributed by atoms with Gasteiger partial charge in [0.2, 0.25) is 5.90 Å². The van der Waals surface area contributed by atoms with Crippen molar-refractivity contribution >= 4 is 17.5 Å². The van der Waals surface area contributed by atoms with Crippen molar-refractivity contribution in [1.82, 2.24) is 10.9 Å². The number of carbonyl (C=O) groups is 1. The molecule has 1 amide bonds. The molecule has 0 unspecified atom stereocenters. The van der Waals surface area contributed by atoms with Gasteiger partial charge in [0.1, 0.15) is 5.75 Å². The molecular weight excluding hydrogens is 562 g/mol. The molecule has 3 aromatic rings. The highest BCUT2D eigenvalue weighted by Crippen LogP contribution is 2.45. The Morgan fingerprint density at radius 3 is 2.50 bits per heavy atom. The van der Waals surface area contributed by atoms with E-state index in [2.05, 4.69) is 30.9 Å². The molecule has 13 nitrogen and oxygen atoms in total. The Balaban J connectivity index is 1.86. The zero-order chi connectivity index (χ0) is 31.4. The lowest BCUT2D eigenvalue weighted by Gasteiger charge is -2.32. The zero-order valence-corrected chi connectivity index (χ0v) is 24.6. The third-order valence-electron chi connectivity index (χ3n) is 7.00. The van der Waals surface area contributed by atoms with Gasteiger partial charge in [0.25, 0.3) is 5.91 Å². The molecule has 0 saturated heterocycles. The number of benzene rings is 3. The van der Waals surface area contributed by atoms with Crippen LogP contribution in [0, 0.1) is 5.92 Å². The first-order valence-electron chi connectivity index (χ1n) is 14.3. The van der Waals surface area contributed by atoms with Gasteiger partial charge < -0.3 is 14.6 Å². The number of ether oxygens (including phenoxy) is 2. The zero-order valence-electron chi connectivity index (χ0n) is 24.6. The van der Waals surface area contributed by atoms with Gasteiger partial charge in [0, 0.05) is 52.6 Å². The number of carbonyl (C=O) groups excluding carboxylic acids is 1. The number of aliphatic imine (C=N–C) groups is 1. The standard InChI is InChI=1S/C31H35N9O4/c1-21(2)19-34-38-30(42)31(18-23-8-3-4-9-24(23)20-35-39-32)28(26-10-5-6-11-27(26)37-40-33)44-29(36-31)22-12-14-25(15-13-22)43-17-7-16-41/h3-6,8-15,21,28,34,41H,7,16-20H2,1-2H3,(H,38,42)/t28-,31-/m0/s1. The molecule has 0 fully saturated rings. The second kappa shape index (κ2) is 15.4. The van der Waals surface area contributed by atoms with Gasteiger partial charge in [-0.25, -0.2) is 10.4 Å². The molecule has 0 aromatic heterocycles. The third-order valence-corrected chi connectivity index (χ3v) is 7.00. The molecule has 3 aromatic carbocycles. The lowest BCUT2D eigenvalue weighted by atomic mass is 9.80. The van der Waals surface area contributed by atoms with Crippen molar-refractivity contribution in [1.29, 1.82) is 0 Å². The van der Waals surface area contributed by atoms with Gasteiger partial charge in [-0.3, -0.25) is 10.2 Å². The molecule has 4 rings (SSSR count). The number of aliphatic hydroxyl groups excluding tert-OH is 1. The first kappa shape index (κ1) is 31.9. The Bertz CT molecular complexity index is 1560. The SMILES string of the molecule is CC(C)CNNC(=O)[C@@]1(Cc2ccccc2CN=[N+]=[N-])N=C(c2ccc(OCCCO)cc2)O[C@H]1c1ccccc1N=[N+]=[N-]. The van der Waals surface area contributed by atoms with Gasteiger partial charge in [0.05, 0.1) is 13.2 Å². The van der Waals surface area contributed by atoms with Crippen LogP contribution < -0.4 is 15.6 Å². The molecule has 228 valence electrons. The summed E-state index contributed by atoms with van der Waals surface area (Å²) in [5.41, 5.74) is 25.5. The largest absolute Gasteiger partial charge is 0.494 e. The van der Waals surface area contributed by atoms with E-state index in [0.29, 0.717) is 42.1 Å². The number of aliphatic hydroxyl groups is 1. The maximum atomic E-state index is 14.3. The van der Waals surface area contributed by atoms with E-state index in [1.165, 1.54) is 0 Å². The Kier molecular flexibility index (Phi) is 11.2. The van der Waals surface area contributed by atoms with Crippen LogP contribution in [0.25, 0.3) is 20.9 Å². The van der Waals surface area contributed by atoms with Crippen molar-refractivity contribution in [2.24, 2.45) is 21.1 Å². The summed E-state index contributed by atoms with van der Waals surface area (Å²) in [6.45, 7) is 5.05. The minimum atomic E-state index is -1.57. The summed E-state index contributed by atoms with van der Waals surface area (Å²) in [5, 5.41) is 16.7. The number of hydrogen-bond donors (Lipinski definition) is 3. The summed E-state index contributed by atoms with van der Waals surface area (Å²) in [7, 11) is 0. The second-order valence-corrected chi connectivity index (χ2v) is 10.6. The van der Waals surface area contributed by atoms with Crippen molar-refractivity contribution in [2.45, 2.75) is 44.9 Å². The Labute approximate surface area is 255 Å². The van der Waals surface area contributed by atoms with Crippen LogP contribution in [0.15, 0.2) is 88.0 Å². The fourth-order valence-electron chi connectivity index (χ4n) is 4.83. The topological polar surface area (TPSA) is 190 Å². The Morgan fingerprint density at radius 1 is 1.07 bits per heavy atom. The lowest BCUT2D eigenvalue weighted by molar-refractivity contribution is -0.130. The lowest BCUT2D eigenvalue weighted by Crippen LogP contribution is -2.54. The Hall–Kier alpha value is -5.06. The molecule has 1 aliphatic rings. The van der Waals surface area contributed by atoms with Crippen LogP contribution in [-0.2, 0) is 22.5 Å². The number of azide groups is 2. The van der Waals surface area contributed by atoms with Crippen LogP contribution in [-0.4, -0.2) is 42.2 Å². The number of amides is 1. The third kappa shape index (κ3) is 7.66. The molecule has 0 saturated carbocycles.